The van der Waals surface area contributed by atoms with E-state index in [0.717, 1.165) is 5.69 Å². The lowest BCUT2D eigenvalue weighted by Crippen LogP contribution is -2.21. The van der Waals surface area contributed by atoms with Crippen LogP contribution in [0.25, 0.3) is 0 Å². The maximum Gasteiger partial charge on any atom is 0.338 e. The maximum atomic E-state index is 11.9. The van der Waals surface area contributed by atoms with Crippen molar-refractivity contribution in [3.63, 3.8) is 0 Å². The van der Waals surface area contributed by atoms with E-state index in [1.807, 2.05) is 25.1 Å². The predicted molar refractivity (Wildman–Crippen MR) is 80.9 cm³/mol. The summed E-state index contributed by atoms with van der Waals surface area (Å²) in [6.07, 6.45) is 0. The highest BCUT2D eigenvalue weighted by Gasteiger charge is 2.12. The Kier molecular flexibility index (Phi) is 4.77. The minimum Gasteiger partial charge on any atom is -0.452 e. The Morgan fingerprint density at radius 1 is 1.32 bits per heavy atom. The Hall–Kier alpha value is -2.83. The molecule has 0 aliphatic rings. The molecule has 0 spiro atoms. The van der Waals surface area contributed by atoms with Crippen LogP contribution in [0.3, 0.4) is 0 Å². The average Bonchev–Trinajstić information content (AvgIpc) is 2.90. The van der Waals surface area contributed by atoms with Crippen LogP contribution in [0, 0.1) is 6.92 Å². The summed E-state index contributed by atoms with van der Waals surface area (Å²) >= 11 is 0. The molecule has 116 valence electrons. The summed E-state index contributed by atoms with van der Waals surface area (Å²) in [6, 6.07) is 8.52. The van der Waals surface area contributed by atoms with Crippen molar-refractivity contribution >= 4 is 23.4 Å². The lowest BCUT2D eigenvalue weighted by atomic mass is 10.2. The van der Waals surface area contributed by atoms with Crippen molar-refractivity contribution in [1.29, 1.82) is 0 Å². The second-order valence-corrected chi connectivity index (χ2v) is 4.89. The van der Waals surface area contributed by atoms with Gasteiger partial charge in [-0.1, -0.05) is 11.2 Å². The number of rotatable bonds is 5. The Labute approximate surface area is 127 Å². The molecule has 1 aromatic carbocycles. The quantitative estimate of drug-likeness (QED) is 0.848. The molecule has 1 heterocycles. The molecule has 0 bridgehead atoms. The number of benzene rings is 1. The fraction of sp³-hybridized carbons (Fsp3) is 0.267. The minimum absolute atomic E-state index is 0.285. The summed E-state index contributed by atoms with van der Waals surface area (Å²) in [5.74, 6) is -0.179. The average molecular weight is 303 g/mol. The van der Waals surface area contributed by atoms with Gasteiger partial charge in [0.05, 0.1) is 5.56 Å². The van der Waals surface area contributed by atoms with E-state index in [-0.39, 0.29) is 5.82 Å². The van der Waals surface area contributed by atoms with Crippen LogP contribution in [-0.2, 0) is 9.53 Å². The van der Waals surface area contributed by atoms with Crippen LogP contribution < -0.4 is 10.2 Å². The van der Waals surface area contributed by atoms with Crippen LogP contribution in [0.15, 0.2) is 34.9 Å². The SMILES string of the molecule is Cc1cc(NC(=O)COC(=O)c2cccc(N(C)C)c2)no1. The smallest absolute Gasteiger partial charge is 0.338 e. The molecule has 0 aliphatic heterocycles. The number of carbonyl (C=O) groups excluding carboxylic acids is 2. The van der Waals surface area contributed by atoms with E-state index in [0.29, 0.717) is 11.3 Å². The van der Waals surface area contributed by atoms with Gasteiger partial charge in [-0.25, -0.2) is 4.79 Å². The maximum absolute atomic E-state index is 11.9. The van der Waals surface area contributed by atoms with Gasteiger partial charge in [0.1, 0.15) is 5.76 Å². The number of anilines is 2. The van der Waals surface area contributed by atoms with Crippen molar-refractivity contribution in [2.45, 2.75) is 6.92 Å². The molecule has 22 heavy (non-hydrogen) atoms. The van der Waals surface area contributed by atoms with Gasteiger partial charge >= 0.3 is 5.97 Å². The molecule has 1 amide bonds. The number of nitrogens with one attached hydrogen (secondary N) is 1. The zero-order valence-corrected chi connectivity index (χ0v) is 12.6. The van der Waals surface area contributed by atoms with E-state index in [1.165, 1.54) is 0 Å². The Bertz CT molecular complexity index is 679. The predicted octanol–water partition coefficient (Wildman–Crippen LogP) is 1.84. The lowest BCUT2D eigenvalue weighted by Gasteiger charge is -2.13. The Balaban J connectivity index is 1.89. The van der Waals surface area contributed by atoms with E-state index in [2.05, 4.69) is 10.5 Å². The van der Waals surface area contributed by atoms with Crippen molar-refractivity contribution in [3.05, 3.63) is 41.7 Å². The van der Waals surface area contributed by atoms with Gasteiger partial charge in [-0.3, -0.25) is 4.79 Å². The van der Waals surface area contributed by atoms with Gasteiger partial charge in [0.2, 0.25) is 0 Å². The van der Waals surface area contributed by atoms with Crippen molar-refractivity contribution in [2.75, 3.05) is 30.9 Å². The van der Waals surface area contributed by atoms with Crippen molar-refractivity contribution in [3.8, 4) is 0 Å². The molecule has 0 saturated heterocycles. The van der Waals surface area contributed by atoms with Crippen LogP contribution in [-0.4, -0.2) is 37.7 Å². The fourth-order valence-electron chi connectivity index (χ4n) is 1.73. The van der Waals surface area contributed by atoms with Gasteiger partial charge in [-0.15, -0.1) is 0 Å². The molecular weight excluding hydrogens is 286 g/mol. The van der Waals surface area contributed by atoms with E-state index in [9.17, 15) is 9.59 Å². The summed E-state index contributed by atoms with van der Waals surface area (Å²) in [4.78, 5) is 25.5. The van der Waals surface area contributed by atoms with Crippen molar-refractivity contribution < 1.29 is 18.8 Å². The number of hydrogen-bond acceptors (Lipinski definition) is 6. The highest BCUT2D eigenvalue weighted by molar-refractivity contribution is 5.95. The molecular formula is C15H17N3O4. The first-order valence-electron chi connectivity index (χ1n) is 6.63. The van der Waals surface area contributed by atoms with Crippen LogP contribution >= 0.6 is 0 Å². The standard InChI is InChI=1S/C15H17N3O4/c1-10-7-13(17-22-10)16-14(19)9-21-15(20)11-5-4-6-12(8-11)18(2)3/h4-8H,9H2,1-3H3,(H,16,17,19). The molecule has 0 unspecified atom stereocenters. The largest absolute Gasteiger partial charge is 0.452 e. The van der Waals surface area contributed by atoms with Crippen molar-refractivity contribution in [1.82, 2.24) is 5.16 Å². The van der Waals surface area contributed by atoms with E-state index in [4.69, 9.17) is 9.26 Å². The summed E-state index contributed by atoms with van der Waals surface area (Å²) in [5, 5.41) is 6.09. The number of hydrogen-bond donors (Lipinski definition) is 1. The Morgan fingerprint density at radius 2 is 2.09 bits per heavy atom. The number of amides is 1. The minimum atomic E-state index is -0.560. The first kappa shape index (κ1) is 15.6. The fourth-order valence-corrected chi connectivity index (χ4v) is 1.73. The third kappa shape index (κ3) is 4.08. The first-order chi connectivity index (χ1) is 10.5. The molecule has 1 aromatic heterocycles. The number of nitrogens with zero attached hydrogens (tertiary/aromatic N) is 2. The van der Waals surface area contributed by atoms with Gasteiger partial charge in [0, 0.05) is 25.8 Å². The second kappa shape index (κ2) is 6.75. The summed E-state index contributed by atoms with van der Waals surface area (Å²) in [6.45, 7) is 1.32. The Morgan fingerprint density at radius 3 is 2.73 bits per heavy atom. The van der Waals surface area contributed by atoms with Gasteiger partial charge in [-0.05, 0) is 25.1 Å². The molecule has 7 nitrogen and oxygen atoms in total. The molecule has 0 fully saturated rings. The lowest BCUT2D eigenvalue weighted by molar-refractivity contribution is -0.119. The second-order valence-electron chi connectivity index (χ2n) is 4.89. The normalized spacial score (nSPS) is 10.1. The van der Waals surface area contributed by atoms with E-state index >= 15 is 0 Å². The van der Waals surface area contributed by atoms with Gasteiger partial charge in [-0.2, -0.15) is 0 Å². The molecule has 1 N–H and O–H groups in total. The molecule has 0 aliphatic carbocycles. The van der Waals surface area contributed by atoms with Gasteiger partial charge in [0.25, 0.3) is 5.91 Å². The van der Waals surface area contributed by atoms with Crippen LogP contribution in [0.1, 0.15) is 16.1 Å². The van der Waals surface area contributed by atoms with E-state index in [1.54, 1.807) is 31.2 Å². The van der Waals surface area contributed by atoms with Crippen LogP contribution in [0.5, 0.6) is 0 Å². The zero-order chi connectivity index (χ0) is 16.1. The summed E-state index contributed by atoms with van der Waals surface area (Å²) in [5.41, 5.74) is 1.26. The third-order valence-electron chi connectivity index (χ3n) is 2.83. The number of aromatic nitrogens is 1. The number of ether oxygens (including phenoxy) is 1. The highest BCUT2D eigenvalue weighted by atomic mass is 16.5. The molecule has 0 saturated carbocycles. The topological polar surface area (TPSA) is 84.7 Å². The number of esters is 1. The first-order valence-corrected chi connectivity index (χ1v) is 6.63. The molecule has 2 aromatic rings. The summed E-state index contributed by atoms with van der Waals surface area (Å²) in [7, 11) is 3.75. The highest BCUT2D eigenvalue weighted by Crippen LogP contribution is 2.14. The van der Waals surface area contributed by atoms with E-state index < -0.39 is 18.5 Å². The van der Waals surface area contributed by atoms with Crippen LogP contribution in [0.2, 0.25) is 0 Å². The number of carbonyl (C=O) groups is 2. The monoisotopic (exact) mass is 303 g/mol. The van der Waals surface area contributed by atoms with Gasteiger partial charge < -0.3 is 19.5 Å². The molecule has 7 heteroatoms. The van der Waals surface area contributed by atoms with Crippen molar-refractivity contribution in [2.24, 2.45) is 0 Å². The third-order valence-corrected chi connectivity index (χ3v) is 2.83. The number of aryl methyl sites for hydroxylation is 1. The summed E-state index contributed by atoms with van der Waals surface area (Å²) < 4.78 is 9.79. The molecule has 0 atom stereocenters. The molecule has 2 rings (SSSR count). The molecule has 0 radical (unpaired) electrons. The zero-order valence-electron chi connectivity index (χ0n) is 12.6. The van der Waals surface area contributed by atoms with Gasteiger partial charge in [0.15, 0.2) is 12.4 Å². The van der Waals surface area contributed by atoms with Crippen LogP contribution in [0.4, 0.5) is 11.5 Å².